The fourth-order valence-corrected chi connectivity index (χ4v) is 6.21. The van der Waals surface area contributed by atoms with E-state index in [1.807, 2.05) is 28.9 Å². The molecular formula is C30H31FN8O3. The van der Waals surface area contributed by atoms with Crippen molar-refractivity contribution in [2.75, 3.05) is 37.4 Å². The first kappa shape index (κ1) is 26.5. The van der Waals surface area contributed by atoms with Gasteiger partial charge < -0.3 is 20.2 Å². The van der Waals surface area contributed by atoms with E-state index in [1.165, 1.54) is 19.3 Å². The second kappa shape index (κ2) is 10.8. The number of aromatic nitrogens is 5. The molecule has 0 unspecified atom stereocenters. The second-order valence-electron chi connectivity index (χ2n) is 10.9. The van der Waals surface area contributed by atoms with Gasteiger partial charge in [0.25, 0.3) is 6.01 Å². The van der Waals surface area contributed by atoms with Crippen molar-refractivity contribution in [1.29, 1.82) is 0 Å². The Balaban J connectivity index is 1.14. The highest BCUT2D eigenvalue weighted by Crippen LogP contribution is 2.37. The first-order chi connectivity index (χ1) is 20.4. The summed E-state index contributed by atoms with van der Waals surface area (Å²) >= 11 is 0. The highest BCUT2D eigenvalue weighted by Gasteiger charge is 2.30. The lowest BCUT2D eigenvalue weighted by Crippen LogP contribution is -2.45. The molecule has 0 bridgehead atoms. The topological polar surface area (TPSA) is 137 Å². The van der Waals surface area contributed by atoms with Gasteiger partial charge >= 0.3 is 0 Å². The standard InChI is InChI=1S/C30H31FN8O3/c1-17(40)23-14-19(31)15-24-27(23)42-30(36-24)35-20-4-2-18(3-5-20)26-25-28(32)33-16-34-29(25)39(37-26)22-8-6-21(7-9-22)38-10-12-41-13-11-38/h2-5,14-16,21-22H,6-13H2,1H3,(H,35,36)(H2,32,33,34). The number of rotatable bonds is 6. The Morgan fingerprint density at radius 3 is 2.52 bits per heavy atom. The third-order valence-corrected chi connectivity index (χ3v) is 8.34. The smallest absolute Gasteiger partial charge is 0.300 e. The highest BCUT2D eigenvalue weighted by atomic mass is 19.1. The van der Waals surface area contributed by atoms with Crippen LogP contribution in [0.4, 0.5) is 21.9 Å². The molecule has 2 aliphatic rings. The number of nitrogens with one attached hydrogen (secondary N) is 1. The molecule has 1 saturated carbocycles. The minimum atomic E-state index is -0.544. The molecule has 5 aromatic rings. The Hall–Kier alpha value is -4.42. The Kier molecular flexibility index (Phi) is 6.79. The normalized spacial score (nSPS) is 19.9. The summed E-state index contributed by atoms with van der Waals surface area (Å²) in [5.41, 5.74) is 10.1. The molecule has 7 rings (SSSR count). The van der Waals surface area contributed by atoms with E-state index in [-0.39, 0.29) is 34.5 Å². The first-order valence-corrected chi connectivity index (χ1v) is 14.2. The summed E-state index contributed by atoms with van der Waals surface area (Å²) in [4.78, 5) is 27.7. The number of hydrogen-bond acceptors (Lipinski definition) is 10. The number of benzene rings is 2. The van der Waals surface area contributed by atoms with Gasteiger partial charge in [0.05, 0.1) is 30.2 Å². The number of nitrogens with two attached hydrogens (primary N) is 1. The van der Waals surface area contributed by atoms with Crippen LogP contribution in [0.25, 0.3) is 33.4 Å². The van der Waals surface area contributed by atoms with Crippen LogP contribution in [-0.4, -0.2) is 67.8 Å². The lowest BCUT2D eigenvalue weighted by atomic mass is 9.90. The van der Waals surface area contributed by atoms with Crippen molar-refractivity contribution >= 4 is 45.4 Å². The predicted molar refractivity (Wildman–Crippen MR) is 156 cm³/mol. The number of ether oxygens (including phenoxy) is 1. The van der Waals surface area contributed by atoms with Crippen LogP contribution in [0.15, 0.2) is 47.1 Å². The number of ketones is 1. The molecular weight excluding hydrogens is 539 g/mol. The van der Waals surface area contributed by atoms with E-state index >= 15 is 0 Å². The first-order valence-electron chi connectivity index (χ1n) is 14.2. The molecule has 42 heavy (non-hydrogen) atoms. The van der Waals surface area contributed by atoms with Gasteiger partial charge in [-0.3, -0.25) is 9.69 Å². The molecule has 0 spiro atoms. The van der Waals surface area contributed by atoms with E-state index in [0.29, 0.717) is 17.5 Å². The molecule has 12 heteroatoms. The Labute approximate surface area is 240 Å². The van der Waals surface area contributed by atoms with Crippen LogP contribution in [-0.2, 0) is 4.74 Å². The predicted octanol–water partition coefficient (Wildman–Crippen LogP) is 5.12. The van der Waals surface area contributed by atoms with Crippen LogP contribution >= 0.6 is 0 Å². The van der Waals surface area contributed by atoms with Crippen molar-refractivity contribution in [2.45, 2.75) is 44.7 Å². The fraction of sp³-hybridized carbons (Fsp3) is 0.367. The quantitative estimate of drug-likeness (QED) is 0.265. The van der Waals surface area contributed by atoms with Crippen molar-refractivity contribution < 1.29 is 18.3 Å². The number of halogens is 1. The average Bonchev–Trinajstić information content (AvgIpc) is 3.59. The van der Waals surface area contributed by atoms with E-state index in [0.717, 1.165) is 80.3 Å². The second-order valence-corrected chi connectivity index (χ2v) is 10.9. The summed E-state index contributed by atoms with van der Waals surface area (Å²) in [6, 6.07) is 11.0. The van der Waals surface area contributed by atoms with Crippen LogP contribution in [0.2, 0.25) is 0 Å². The van der Waals surface area contributed by atoms with Crippen molar-refractivity contribution in [3.05, 3.63) is 54.1 Å². The molecule has 0 amide bonds. The van der Waals surface area contributed by atoms with E-state index < -0.39 is 5.82 Å². The van der Waals surface area contributed by atoms with Crippen molar-refractivity contribution in [3.8, 4) is 11.3 Å². The lowest BCUT2D eigenvalue weighted by molar-refractivity contribution is 0.00520. The third-order valence-electron chi connectivity index (χ3n) is 8.34. The summed E-state index contributed by atoms with van der Waals surface area (Å²) in [5.74, 6) is -0.450. The maximum Gasteiger partial charge on any atom is 0.300 e. The van der Waals surface area contributed by atoms with E-state index in [1.54, 1.807) is 0 Å². The Morgan fingerprint density at radius 2 is 1.79 bits per heavy atom. The Morgan fingerprint density at radius 1 is 1.05 bits per heavy atom. The zero-order valence-electron chi connectivity index (χ0n) is 23.2. The monoisotopic (exact) mass is 570 g/mol. The van der Waals surface area contributed by atoms with Crippen molar-refractivity contribution in [3.63, 3.8) is 0 Å². The van der Waals surface area contributed by atoms with Gasteiger partial charge in [-0.05, 0) is 50.8 Å². The number of hydrogen-bond donors (Lipinski definition) is 2. The summed E-state index contributed by atoms with van der Waals surface area (Å²) in [5, 5.41) is 8.88. The van der Waals surface area contributed by atoms with E-state index in [2.05, 4.69) is 25.2 Å². The number of nitrogens with zero attached hydrogens (tertiary/aromatic N) is 6. The maximum atomic E-state index is 14.0. The van der Waals surface area contributed by atoms with Crippen LogP contribution in [0, 0.1) is 5.82 Å². The van der Waals surface area contributed by atoms with Crippen molar-refractivity contribution in [1.82, 2.24) is 29.6 Å². The number of oxazole rings is 1. The van der Waals surface area contributed by atoms with E-state index in [9.17, 15) is 9.18 Å². The van der Waals surface area contributed by atoms with Crippen LogP contribution < -0.4 is 11.1 Å². The molecule has 3 aromatic heterocycles. The molecule has 1 aliphatic heterocycles. The molecule has 1 aliphatic carbocycles. The third kappa shape index (κ3) is 4.86. The molecule has 4 heterocycles. The van der Waals surface area contributed by atoms with Gasteiger partial charge in [-0.25, -0.2) is 19.0 Å². The zero-order valence-corrected chi connectivity index (χ0v) is 23.2. The maximum absolute atomic E-state index is 14.0. The van der Waals surface area contributed by atoms with Gasteiger partial charge in [-0.15, -0.1) is 0 Å². The lowest BCUT2D eigenvalue weighted by Gasteiger charge is -2.38. The van der Waals surface area contributed by atoms with E-state index in [4.69, 9.17) is 20.0 Å². The van der Waals surface area contributed by atoms with Gasteiger partial charge in [0.15, 0.2) is 17.0 Å². The fourth-order valence-electron chi connectivity index (χ4n) is 6.21. The molecule has 0 atom stereocenters. The molecule has 2 fully saturated rings. The number of nitrogen functional groups attached to an aromatic ring is 1. The van der Waals surface area contributed by atoms with Crippen LogP contribution in [0.1, 0.15) is 49.0 Å². The van der Waals surface area contributed by atoms with Crippen LogP contribution in [0.3, 0.4) is 0 Å². The number of morpholine rings is 1. The number of anilines is 3. The molecule has 1 saturated heterocycles. The van der Waals surface area contributed by atoms with Crippen LogP contribution in [0.5, 0.6) is 0 Å². The zero-order chi connectivity index (χ0) is 28.8. The molecule has 11 nitrogen and oxygen atoms in total. The van der Waals surface area contributed by atoms with Gasteiger partial charge in [0.2, 0.25) is 0 Å². The molecule has 2 aromatic carbocycles. The molecule has 0 radical (unpaired) electrons. The summed E-state index contributed by atoms with van der Waals surface area (Å²) < 4.78 is 27.3. The number of Topliss-reactive ketones (excluding diaryl/α,β-unsaturated/α-hetero) is 1. The number of fused-ring (bicyclic) bond motifs is 2. The largest absolute Gasteiger partial charge is 0.423 e. The van der Waals surface area contributed by atoms with Gasteiger partial charge in [-0.1, -0.05) is 12.1 Å². The number of carbonyl (C=O) groups excluding carboxylic acids is 1. The summed E-state index contributed by atoms with van der Waals surface area (Å²) in [6.45, 7) is 4.99. The molecule has 216 valence electrons. The average molecular weight is 571 g/mol. The Bertz CT molecular complexity index is 1770. The minimum Gasteiger partial charge on any atom is -0.423 e. The summed E-state index contributed by atoms with van der Waals surface area (Å²) in [7, 11) is 0. The van der Waals surface area contributed by atoms with Gasteiger partial charge in [0, 0.05) is 36.4 Å². The van der Waals surface area contributed by atoms with Crippen molar-refractivity contribution in [2.24, 2.45) is 0 Å². The summed E-state index contributed by atoms with van der Waals surface area (Å²) in [6.07, 6.45) is 5.75. The minimum absolute atomic E-state index is 0.151. The molecule has 3 N–H and O–H groups in total. The number of carbonyl (C=O) groups is 1. The van der Waals surface area contributed by atoms with Gasteiger partial charge in [-0.2, -0.15) is 10.1 Å². The van der Waals surface area contributed by atoms with Gasteiger partial charge in [0.1, 0.15) is 29.2 Å². The SMILES string of the molecule is CC(=O)c1cc(F)cc2nc(Nc3ccc(-c4nn(C5CCC(N6CCOCC6)CC5)c5ncnc(N)c45)cc3)oc12. The highest BCUT2D eigenvalue weighted by molar-refractivity contribution is 6.04.